The third-order valence-electron chi connectivity index (χ3n) is 7.46. The van der Waals surface area contributed by atoms with Crippen LogP contribution >= 0.6 is 0 Å². The molecular weight excluding hydrogens is 386 g/mol. The van der Waals surface area contributed by atoms with Crippen LogP contribution in [0.3, 0.4) is 0 Å². The van der Waals surface area contributed by atoms with Crippen LogP contribution in [0.15, 0.2) is 24.3 Å². The molecule has 1 aromatic rings. The lowest BCUT2D eigenvalue weighted by Gasteiger charge is -2.34. The fourth-order valence-electron chi connectivity index (χ4n) is 6.19. The monoisotopic (exact) mass is 427 g/mol. The molecule has 0 aromatic heterocycles. The molecule has 0 aliphatic carbocycles. The summed E-state index contributed by atoms with van der Waals surface area (Å²) in [6, 6.07) is 8.30. The molecule has 3 fully saturated rings. The van der Waals surface area contributed by atoms with Crippen molar-refractivity contribution in [2.75, 3.05) is 52.9 Å². The highest BCUT2D eigenvalue weighted by molar-refractivity contribution is 5.80. The van der Waals surface area contributed by atoms with E-state index in [1.807, 2.05) is 24.3 Å². The van der Waals surface area contributed by atoms with Crippen LogP contribution in [0, 0.1) is 11.3 Å². The maximum atomic E-state index is 13.4. The van der Waals surface area contributed by atoms with E-state index in [0.717, 1.165) is 43.9 Å². The van der Waals surface area contributed by atoms with Crippen molar-refractivity contribution < 1.29 is 9.53 Å². The molecule has 3 aliphatic rings. The predicted octanol–water partition coefficient (Wildman–Crippen LogP) is 3.67. The fraction of sp³-hybridized carbons (Fsp3) is 0.731. The Morgan fingerprint density at radius 2 is 1.71 bits per heavy atom. The van der Waals surface area contributed by atoms with E-state index in [1.165, 1.54) is 45.3 Å². The van der Waals surface area contributed by atoms with Crippen molar-refractivity contribution in [1.82, 2.24) is 14.7 Å². The van der Waals surface area contributed by atoms with Gasteiger partial charge in [0.15, 0.2) is 0 Å². The molecule has 5 heteroatoms. The van der Waals surface area contributed by atoms with E-state index < -0.39 is 0 Å². The number of nitrogens with zero attached hydrogens (tertiary/aromatic N) is 3. The van der Waals surface area contributed by atoms with Crippen LogP contribution in [-0.2, 0) is 11.2 Å². The number of para-hydroxylation sites is 1. The SMILES string of the molecule is COc1ccccc1CC(=O)N1CCCC[C@H]2CN(CC(C)(C)CN3CCCC3)C[C@H]21. The number of benzene rings is 1. The number of hydrogen-bond acceptors (Lipinski definition) is 4. The molecule has 0 N–H and O–H groups in total. The summed E-state index contributed by atoms with van der Waals surface area (Å²) in [7, 11) is 1.68. The van der Waals surface area contributed by atoms with E-state index in [0.29, 0.717) is 23.8 Å². The summed E-state index contributed by atoms with van der Waals surface area (Å²) in [6.07, 6.45) is 6.77. The summed E-state index contributed by atoms with van der Waals surface area (Å²) >= 11 is 0. The normalized spacial score (nSPS) is 25.5. The standard InChI is InChI=1S/C26H41N3O2/c1-26(2,19-27-13-8-9-14-27)20-28-17-22-11-6-7-15-29(23(22)18-28)25(30)16-21-10-4-5-12-24(21)31-3/h4-5,10,12,22-23H,6-9,11,13-20H2,1-3H3/t22-,23+/m0/s1. The average molecular weight is 428 g/mol. The molecule has 0 spiro atoms. The summed E-state index contributed by atoms with van der Waals surface area (Å²) in [5.74, 6) is 1.70. The van der Waals surface area contributed by atoms with E-state index in [9.17, 15) is 4.79 Å². The molecule has 5 nitrogen and oxygen atoms in total. The van der Waals surface area contributed by atoms with E-state index in [2.05, 4.69) is 28.5 Å². The van der Waals surface area contributed by atoms with Crippen LogP contribution in [0.4, 0.5) is 0 Å². The van der Waals surface area contributed by atoms with Gasteiger partial charge in [-0.3, -0.25) is 4.79 Å². The molecule has 0 bridgehead atoms. The highest BCUT2D eigenvalue weighted by Gasteiger charge is 2.41. The number of carbonyl (C=O) groups excluding carboxylic acids is 1. The molecule has 31 heavy (non-hydrogen) atoms. The van der Waals surface area contributed by atoms with Crippen LogP contribution in [-0.4, -0.2) is 79.6 Å². The Bertz CT molecular complexity index is 744. The smallest absolute Gasteiger partial charge is 0.227 e. The van der Waals surface area contributed by atoms with Crippen molar-refractivity contribution in [3.63, 3.8) is 0 Å². The number of ether oxygens (including phenoxy) is 1. The molecule has 2 atom stereocenters. The predicted molar refractivity (Wildman–Crippen MR) is 125 cm³/mol. The van der Waals surface area contributed by atoms with Gasteiger partial charge in [-0.05, 0) is 56.2 Å². The summed E-state index contributed by atoms with van der Waals surface area (Å²) in [6.45, 7) is 12.8. The first kappa shape index (κ1) is 22.6. The number of fused-ring (bicyclic) bond motifs is 1. The van der Waals surface area contributed by atoms with Gasteiger partial charge in [0.05, 0.1) is 13.5 Å². The van der Waals surface area contributed by atoms with Crippen molar-refractivity contribution in [3.8, 4) is 5.75 Å². The summed E-state index contributed by atoms with van der Waals surface area (Å²) in [5.41, 5.74) is 1.29. The van der Waals surface area contributed by atoms with Gasteiger partial charge in [0.2, 0.25) is 5.91 Å². The molecule has 1 aromatic carbocycles. The Balaban J connectivity index is 1.40. The van der Waals surface area contributed by atoms with Crippen LogP contribution in [0.5, 0.6) is 5.75 Å². The van der Waals surface area contributed by atoms with Crippen LogP contribution < -0.4 is 4.74 Å². The largest absolute Gasteiger partial charge is 0.496 e. The molecule has 3 saturated heterocycles. The Labute approximate surface area is 188 Å². The molecule has 0 radical (unpaired) electrons. The van der Waals surface area contributed by atoms with E-state index >= 15 is 0 Å². The Morgan fingerprint density at radius 1 is 1.00 bits per heavy atom. The van der Waals surface area contributed by atoms with Crippen molar-refractivity contribution in [2.24, 2.45) is 11.3 Å². The van der Waals surface area contributed by atoms with Crippen molar-refractivity contribution in [2.45, 2.75) is 58.4 Å². The lowest BCUT2D eigenvalue weighted by Crippen LogP contribution is -2.46. The first-order valence-corrected chi connectivity index (χ1v) is 12.3. The number of hydrogen-bond donors (Lipinski definition) is 0. The number of rotatable bonds is 7. The minimum Gasteiger partial charge on any atom is -0.496 e. The lowest BCUT2D eigenvalue weighted by molar-refractivity contribution is -0.133. The molecule has 4 rings (SSSR count). The Hall–Kier alpha value is -1.59. The Morgan fingerprint density at radius 3 is 2.48 bits per heavy atom. The van der Waals surface area contributed by atoms with Crippen LogP contribution in [0.1, 0.15) is 51.5 Å². The quantitative estimate of drug-likeness (QED) is 0.665. The highest BCUT2D eigenvalue weighted by Crippen LogP contribution is 2.33. The topological polar surface area (TPSA) is 36.0 Å². The van der Waals surface area contributed by atoms with Gasteiger partial charge in [0.25, 0.3) is 0 Å². The van der Waals surface area contributed by atoms with Crippen LogP contribution in [0.2, 0.25) is 0 Å². The number of likely N-dealkylation sites (tertiary alicyclic amines) is 3. The number of amides is 1. The Kier molecular flexibility index (Phi) is 7.22. The zero-order valence-electron chi connectivity index (χ0n) is 19.8. The van der Waals surface area contributed by atoms with Crippen molar-refractivity contribution >= 4 is 5.91 Å². The molecule has 1 amide bonds. The third kappa shape index (κ3) is 5.61. The summed E-state index contributed by atoms with van der Waals surface area (Å²) in [5, 5.41) is 0. The van der Waals surface area contributed by atoms with Gasteiger partial charge in [-0.2, -0.15) is 0 Å². The number of carbonyl (C=O) groups is 1. The van der Waals surface area contributed by atoms with Gasteiger partial charge in [0.1, 0.15) is 5.75 Å². The second kappa shape index (κ2) is 9.91. The fourth-order valence-corrected chi connectivity index (χ4v) is 6.19. The zero-order valence-corrected chi connectivity index (χ0v) is 19.8. The van der Waals surface area contributed by atoms with Crippen molar-refractivity contribution in [1.29, 1.82) is 0 Å². The minimum absolute atomic E-state index is 0.263. The molecule has 3 aliphatic heterocycles. The molecular formula is C26H41N3O2. The molecule has 0 saturated carbocycles. The summed E-state index contributed by atoms with van der Waals surface area (Å²) in [4.78, 5) is 20.9. The molecule has 3 heterocycles. The van der Waals surface area contributed by atoms with Gasteiger partial charge < -0.3 is 19.4 Å². The average Bonchev–Trinajstić information content (AvgIpc) is 3.33. The highest BCUT2D eigenvalue weighted by atomic mass is 16.5. The first-order chi connectivity index (χ1) is 14.9. The van der Waals surface area contributed by atoms with Gasteiger partial charge in [-0.25, -0.2) is 0 Å². The first-order valence-electron chi connectivity index (χ1n) is 12.3. The van der Waals surface area contributed by atoms with Crippen molar-refractivity contribution in [3.05, 3.63) is 29.8 Å². The van der Waals surface area contributed by atoms with E-state index in [-0.39, 0.29) is 5.91 Å². The molecule has 172 valence electrons. The van der Waals surface area contributed by atoms with Gasteiger partial charge in [-0.1, -0.05) is 38.5 Å². The van der Waals surface area contributed by atoms with Gasteiger partial charge >= 0.3 is 0 Å². The zero-order chi connectivity index (χ0) is 21.8. The van der Waals surface area contributed by atoms with E-state index in [1.54, 1.807) is 7.11 Å². The number of methoxy groups -OCH3 is 1. The minimum atomic E-state index is 0.263. The third-order valence-corrected chi connectivity index (χ3v) is 7.46. The van der Waals surface area contributed by atoms with Gasteiger partial charge in [0, 0.05) is 44.3 Å². The second-order valence-corrected chi connectivity index (χ2v) is 10.7. The maximum Gasteiger partial charge on any atom is 0.227 e. The van der Waals surface area contributed by atoms with E-state index in [4.69, 9.17) is 4.74 Å². The summed E-state index contributed by atoms with van der Waals surface area (Å²) < 4.78 is 5.49. The van der Waals surface area contributed by atoms with Gasteiger partial charge in [-0.15, -0.1) is 0 Å². The lowest BCUT2D eigenvalue weighted by atomic mass is 9.92. The second-order valence-electron chi connectivity index (χ2n) is 10.7. The maximum absolute atomic E-state index is 13.4. The molecule has 0 unspecified atom stereocenters. The van der Waals surface area contributed by atoms with Crippen LogP contribution in [0.25, 0.3) is 0 Å².